The molecule has 1 fully saturated rings. The number of unbranched alkanes of at least 4 members (excludes halogenated alkanes) is 1. The zero-order chi connectivity index (χ0) is 19.3. The van der Waals surface area contributed by atoms with Crippen molar-refractivity contribution in [3.05, 3.63) is 14.7 Å². The first-order valence-corrected chi connectivity index (χ1v) is 10.9. The summed E-state index contributed by atoms with van der Waals surface area (Å²) >= 11 is 4.73. The molecule has 26 heavy (non-hydrogen) atoms. The second-order valence-corrected chi connectivity index (χ2v) is 9.40. The Morgan fingerprint density at radius 2 is 2.04 bits per heavy atom. The summed E-state index contributed by atoms with van der Waals surface area (Å²) in [6.45, 7) is 4.07. The van der Waals surface area contributed by atoms with Gasteiger partial charge in [0, 0.05) is 12.0 Å². The SMILES string of the molecule is CCCCC(C)C(=O)N(c1cc(Br)sc1C(=O)OC)C1CCC(O)CC1. The maximum Gasteiger partial charge on any atom is 0.350 e. The summed E-state index contributed by atoms with van der Waals surface area (Å²) in [6, 6.07) is 1.84. The van der Waals surface area contributed by atoms with E-state index in [4.69, 9.17) is 4.74 Å². The number of ether oxygens (including phenoxy) is 1. The van der Waals surface area contributed by atoms with Crippen molar-refractivity contribution in [2.24, 2.45) is 5.92 Å². The van der Waals surface area contributed by atoms with Crippen LogP contribution in [0.1, 0.15) is 68.5 Å². The van der Waals surface area contributed by atoms with Gasteiger partial charge in [0.2, 0.25) is 5.91 Å². The fourth-order valence-corrected chi connectivity index (χ4v) is 4.95. The third-order valence-electron chi connectivity index (χ3n) is 4.99. The van der Waals surface area contributed by atoms with Crippen LogP contribution in [0.15, 0.2) is 9.85 Å². The highest BCUT2D eigenvalue weighted by atomic mass is 79.9. The van der Waals surface area contributed by atoms with Crippen LogP contribution < -0.4 is 4.90 Å². The van der Waals surface area contributed by atoms with Gasteiger partial charge in [-0.25, -0.2) is 4.79 Å². The predicted molar refractivity (Wildman–Crippen MR) is 108 cm³/mol. The predicted octanol–water partition coefficient (Wildman–Crippen LogP) is 4.76. The van der Waals surface area contributed by atoms with Crippen molar-refractivity contribution in [1.82, 2.24) is 0 Å². The fourth-order valence-electron chi connectivity index (χ4n) is 3.45. The molecule has 0 radical (unpaired) electrons. The molecule has 1 unspecified atom stereocenters. The van der Waals surface area contributed by atoms with E-state index < -0.39 is 5.97 Å². The van der Waals surface area contributed by atoms with Crippen LogP contribution in [-0.4, -0.2) is 36.2 Å². The zero-order valence-corrected chi connectivity index (χ0v) is 18.1. The highest BCUT2D eigenvalue weighted by Gasteiger charge is 2.35. The first kappa shape index (κ1) is 21.4. The summed E-state index contributed by atoms with van der Waals surface area (Å²) in [5.41, 5.74) is 0.628. The number of thiophene rings is 1. The van der Waals surface area contributed by atoms with Crippen molar-refractivity contribution in [1.29, 1.82) is 0 Å². The van der Waals surface area contributed by atoms with Crippen molar-refractivity contribution in [2.75, 3.05) is 12.0 Å². The van der Waals surface area contributed by atoms with E-state index in [2.05, 4.69) is 22.9 Å². The van der Waals surface area contributed by atoms with E-state index in [0.717, 1.165) is 35.9 Å². The topological polar surface area (TPSA) is 66.8 Å². The van der Waals surface area contributed by atoms with Crippen molar-refractivity contribution in [3.63, 3.8) is 0 Å². The molecule has 0 bridgehead atoms. The minimum Gasteiger partial charge on any atom is -0.465 e. The highest BCUT2D eigenvalue weighted by molar-refractivity contribution is 9.11. The van der Waals surface area contributed by atoms with Crippen molar-refractivity contribution >= 4 is 44.8 Å². The summed E-state index contributed by atoms with van der Waals surface area (Å²) in [5, 5.41) is 9.85. The van der Waals surface area contributed by atoms with Gasteiger partial charge in [-0.15, -0.1) is 11.3 Å². The number of hydrogen-bond donors (Lipinski definition) is 1. The van der Waals surface area contributed by atoms with Gasteiger partial charge in [-0.1, -0.05) is 26.7 Å². The van der Waals surface area contributed by atoms with Crippen LogP contribution in [0, 0.1) is 5.92 Å². The first-order chi connectivity index (χ1) is 12.4. The average molecular weight is 446 g/mol. The Morgan fingerprint density at radius 1 is 1.38 bits per heavy atom. The molecule has 7 heteroatoms. The Balaban J connectivity index is 2.37. The third-order valence-corrected chi connectivity index (χ3v) is 6.60. The highest BCUT2D eigenvalue weighted by Crippen LogP contribution is 2.38. The molecule has 1 aromatic heterocycles. The van der Waals surface area contributed by atoms with Crippen LogP contribution in [0.25, 0.3) is 0 Å². The first-order valence-electron chi connectivity index (χ1n) is 9.27. The number of rotatable bonds is 7. The molecule has 1 atom stereocenters. The molecule has 0 aromatic carbocycles. The fraction of sp³-hybridized carbons (Fsp3) is 0.684. The number of halogens is 1. The van der Waals surface area contributed by atoms with Gasteiger partial charge in [-0.05, 0) is 54.1 Å². The number of aliphatic hydroxyl groups is 1. The lowest BCUT2D eigenvalue weighted by Gasteiger charge is -2.37. The van der Waals surface area contributed by atoms with Gasteiger partial charge < -0.3 is 14.7 Å². The smallest absolute Gasteiger partial charge is 0.350 e. The van der Waals surface area contributed by atoms with Crippen LogP contribution in [0.2, 0.25) is 0 Å². The monoisotopic (exact) mass is 445 g/mol. The minimum absolute atomic E-state index is 0.000109. The number of hydrogen-bond acceptors (Lipinski definition) is 5. The lowest BCUT2D eigenvalue weighted by Crippen LogP contribution is -2.46. The largest absolute Gasteiger partial charge is 0.465 e. The maximum atomic E-state index is 13.3. The second-order valence-electron chi connectivity index (χ2n) is 6.97. The molecule has 1 N–H and O–H groups in total. The summed E-state index contributed by atoms with van der Waals surface area (Å²) in [5.74, 6) is -0.480. The Labute approximate surface area is 167 Å². The lowest BCUT2D eigenvalue weighted by atomic mass is 9.90. The molecule has 5 nitrogen and oxygen atoms in total. The van der Waals surface area contributed by atoms with E-state index >= 15 is 0 Å². The quantitative estimate of drug-likeness (QED) is 0.614. The number of carbonyl (C=O) groups excluding carboxylic acids is 2. The number of aliphatic hydroxyl groups excluding tert-OH is 1. The molecule has 1 aliphatic rings. The van der Waals surface area contributed by atoms with Crippen LogP contribution in [0.5, 0.6) is 0 Å². The molecular formula is C19H28BrNO4S. The van der Waals surface area contributed by atoms with E-state index in [1.807, 2.05) is 13.0 Å². The van der Waals surface area contributed by atoms with Gasteiger partial charge >= 0.3 is 5.97 Å². The van der Waals surface area contributed by atoms with Crippen molar-refractivity contribution < 1.29 is 19.4 Å². The number of amides is 1. The molecular weight excluding hydrogens is 418 g/mol. The van der Waals surface area contributed by atoms with Crippen LogP contribution in [0.3, 0.4) is 0 Å². The molecule has 1 saturated carbocycles. The molecule has 1 amide bonds. The number of nitrogens with zero attached hydrogens (tertiary/aromatic N) is 1. The van der Waals surface area contributed by atoms with E-state index in [0.29, 0.717) is 23.4 Å². The summed E-state index contributed by atoms with van der Waals surface area (Å²) < 4.78 is 5.72. The van der Waals surface area contributed by atoms with Gasteiger partial charge in [-0.3, -0.25) is 4.79 Å². The van der Waals surface area contributed by atoms with Crippen molar-refractivity contribution in [3.8, 4) is 0 Å². The molecule has 0 spiro atoms. The van der Waals surface area contributed by atoms with Gasteiger partial charge in [0.15, 0.2) is 0 Å². The minimum atomic E-state index is -0.425. The summed E-state index contributed by atoms with van der Waals surface area (Å²) in [6.07, 6.45) is 5.41. The summed E-state index contributed by atoms with van der Waals surface area (Å²) in [7, 11) is 1.35. The van der Waals surface area contributed by atoms with Gasteiger partial charge in [0.1, 0.15) is 4.88 Å². The second kappa shape index (κ2) is 9.85. The number of anilines is 1. The molecule has 2 rings (SSSR count). The van der Waals surface area contributed by atoms with Gasteiger partial charge in [0.05, 0.1) is 22.7 Å². The van der Waals surface area contributed by atoms with E-state index in [9.17, 15) is 14.7 Å². The Kier molecular flexibility index (Phi) is 8.10. The summed E-state index contributed by atoms with van der Waals surface area (Å²) in [4.78, 5) is 27.8. The van der Waals surface area contributed by atoms with Crippen LogP contribution in [-0.2, 0) is 9.53 Å². The zero-order valence-electron chi connectivity index (χ0n) is 15.7. The number of methoxy groups -OCH3 is 1. The molecule has 0 saturated heterocycles. The molecule has 146 valence electrons. The van der Waals surface area contributed by atoms with E-state index in [-0.39, 0.29) is 24.0 Å². The Bertz CT molecular complexity index is 625. The molecule has 1 aromatic rings. The van der Waals surface area contributed by atoms with Gasteiger partial charge in [0.25, 0.3) is 0 Å². The number of carbonyl (C=O) groups is 2. The third kappa shape index (κ3) is 5.08. The van der Waals surface area contributed by atoms with Crippen LogP contribution >= 0.6 is 27.3 Å². The standard InChI is InChI=1S/C19H28BrNO4S/c1-4-5-6-12(2)18(23)21(13-7-9-14(22)10-8-13)15-11-16(20)26-17(15)19(24)25-3/h11-14,22H,4-10H2,1-3H3. The van der Waals surface area contributed by atoms with E-state index in [1.54, 1.807) is 4.90 Å². The van der Waals surface area contributed by atoms with Crippen molar-refractivity contribution in [2.45, 2.75) is 70.9 Å². The Morgan fingerprint density at radius 3 is 2.62 bits per heavy atom. The average Bonchev–Trinajstić information content (AvgIpc) is 3.01. The van der Waals surface area contributed by atoms with Gasteiger partial charge in [-0.2, -0.15) is 0 Å². The molecule has 1 aliphatic carbocycles. The Hall–Kier alpha value is -0.920. The lowest BCUT2D eigenvalue weighted by molar-refractivity contribution is -0.122. The normalized spacial score (nSPS) is 21.3. The van der Waals surface area contributed by atoms with Crippen LogP contribution in [0.4, 0.5) is 5.69 Å². The van der Waals surface area contributed by atoms with E-state index in [1.165, 1.54) is 18.4 Å². The maximum absolute atomic E-state index is 13.3. The molecule has 1 heterocycles. The number of esters is 1. The molecule has 0 aliphatic heterocycles.